The first-order chi connectivity index (χ1) is 8.74. The molecule has 4 atom stereocenters. The quantitative estimate of drug-likeness (QED) is 0.776. The molecule has 0 spiro atoms. The summed E-state index contributed by atoms with van der Waals surface area (Å²) < 4.78 is 0. The summed E-state index contributed by atoms with van der Waals surface area (Å²) in [5.74, 6) is 2.31. The summed E-state index contributed by atoms with van der Waals surface area (Å²) in [4.78, 5) is 14.3. The number of aliphatic hydroxyl groups excluding tert-OH is 1. The van der Waals surface area contributed by atoms with Crippen LogP contribution >= 0.6 is 0 Å². The summed E-state index contributed by atoms with van der Waals surface area (Å²) in [5.41, 5.74) is 0. The van der Waals surface area contributed by atoms with Crippen LogP contribution in [0.2, 0.25) is 0 Å². The molecule has 0 bridgehead atoms. The zero-order chi connectivity index (χ0) is 12.5. The highest BCUT2D eigenvalue weighted by molar-refractivity contribution is 5.79. The van der Waals surface area contributed by atoms with Crippen molar-refractivity contribution in [3.63, 3.8) is 0 Å². The average molecular weight is 251 g/mol. The molecule has 3 nitrogen and oxygen atoms in total. The van der Waals surface area contributed by atoms with Crippen LogP contribution in [0.5, 0.6) is 0 Å². The maximum atomic E-state index is 12.4. The minimum atomic E-state index is -0.278. The lowest BCUT2D eigenvalue weighted by Gasteiger charge is -2.39. The Morgan fingerprint density at radius 2 is 1.78 bits per heavy atom. The van der Waals surface area contributed by atoms with Gasteiger partial charge in [-0.1, -0.05) is 25.7 Å². The number of β-amino-alcohol motifs (C(OH)–C–C–N with tert-alkyl or cyclic N) is 1. The van der Waals surface area contributed by atoms with Crippen LogP contribution in [0.1, 0.15) is 51.4 Å². The van der Waals surface area contributed by atoms with Gasteiger partial charge in [-0.2, -0.15) is 0 Å². The molecule has 0 radical (unpaired) electrons. The second-order valence-corrected chi connectivity index (χ2v) is 6.54. The summed E-state index contributed by atoms with van der Waals surface area (Å²) in [6, 6.07) is 0. The van der Waals surface area contributed by atoms with Crippen LogP contribution in [0.15, 0.2) is 0 Å². The smallest absolute Gasteiger partial charge is 0.225 e. The predicted molar refractivity (Wildman–Crippen MR) is 70.0 cm³/mol. The number of nitrogens with zero attached hydrogens (tertiary/aromatic N) is 1. The first-order valence-corrected chi connectivity index (χ1v) is 7.71. The Labute approximate surface area is 110 Å². The Hall–Kier alpha value is -0.570. The van der Waals surface area contributed by atoms with Gasteiger partial charge >= 0.3 is 0 Å². The largest absolute Gasteiger partial charge is 0.391 e. The Morgan fingerprint density at radius 1 is 1.00 bits per heavy atom. The van der Waals surface area contributed by atoms with Crippen molar-refractivity contribution < 1.29 is 9.90 Å². The minimum absolute atomic E-state index is 0.259. The Balaban J connectivity index is 1.58. The molecule has 2 aliphatic carbocycles. The number of amides is 1. The van der Waals surface area contributed by atoms with Gasteiger partial charge in [0, 0.05) is 19.0 Å². The number of aliphatic hydroxyl groups is 1. The average Bonchev–Trinajstić information content (AvgIpc) is 2.84. The van der Waals surface area contributed by atoms with E-state index in [2.05, 4.69) is 0 Å². The number of hydrogen-bond acceptors (Lipinski definition) is 2. The molecule has 1 saturated heterocycles. The summed E-state index contributed by atoms with van der Waals surface area (Å²) in [5, 5.41) is 9.54. The summed E-state index contributed by atoms with van der Waals surface area (Å²) in [6.45, 7) is 1.34. The van der Waals surface area contributed by atoms with Crippen molar-refractivity contribution in [2.45, 2.75) is 57.5 Å². The van der Waals surface area contributed by atoms with Gasteiger partial charge in [0.2, 0.25) is 5.91 Å². The second-order valence-electron chi connectivity index (χ2n) is 6.54. The highest BCUT2D eigenvalue weighted by Crippen LogP contribution is 2.43. The fourth-order valence-electron chi connectivity index (χ4n) is 4.30. The molecular formula is C15H25NO2. The van der Waals surface area contributed by atoms with Gasteiger partial charge < -0.3 is 10.0 Å². The molecule has 3 unspecified atom stereocenters. The lowest BCUT2D eigenvalue weighted by Crippen LogP contribution is -2.39. The van der Waals surface area contributed by atoms with Gasteiger partial charge in [0.15, 0.2) is 0 Å². The number of likely N-dealkylation sites (tertiary alicyclic amines) is 1. The van der Waals surface area contributed by atoms with E-state index in [9.17, 15) is 9.90 Å². The highest BCUT2D eigenvalue weighted by atomic mass is 16.3. The van der Waals surface area contributed by atoms with Crippen molar-refractivity contribution in [3.05, 3.63) is 0 Å². The van der Waals surface area contributed by atoms with E-state index >= 15 is 0 Å². The fourth-order valence-corrected chi connectivity index (χ4v) is 4.30. The monoisotopic (exact) mass is 251 g/mol. The van der Waals surface area contributed by atoms with E-state index in [0.717, 1.165) is 37.6 Å². The molecule has 3 heteroatoms. The van der Waals surface area contributed by atoms with Crippen molar-refractivity contribution >= 4 is 5.91 Å². The molecule has 0 aromatic carbocycles. The first kappa shape index (κ1) is 12.5. The number of carbonyl (C=O) groups excluding carboxylic acids is 1. The maximum absolute atomic E-state index is 12.4. The molecule has 3 rings (SSSR count). The van der Waals surface area contributed by atoms with Crippen LogP contribution in [0, 0.1) is 17.8 Å². The first-order valence-electron chi connectivity index (χ1n) is 7.71. The molecule has 3 aliphatic rings. The third-order valence-corrected chi connectivity index (χ3v) is 5.36. The molecule has 0 aromatic heterocycles. The molecule has 0 aromatic rings. The van der Waals surface area contributed by atoms with E-state index in [1.54, 1.807) is 0 Å². The van der Waals surface area contributed by atoms with Crippen LogP contribution in [-0.4, -0.2) is 35.1 Å². The Bertz CT molecular complexity index is 318. The molecule has 1 aliphatic heterocycles. The molecule has 1 N–H and O–H groups in total. The van der Waals surface area contributed by atoms with Gasteiger partial charge in [-0.25, -0.2) is 0 Å². The van der Waals surface area contributed by atoms with Gasteiger partial charge in [0.05, 0.1) is 6.10 Å². The topological polar surface area (TPSA) is 40.5 Å². The number of hydrogen-bond donors (Lipinski definition) is 1. The highest BCUT2D eigenvalue weighted by Gasteiger charge is 2.37. The molecule has 3 fully saturated rings. The molecule has 1 amide bonds. The van der Waals surface area contributed by atoms with Crippen LogP contribution in [0.3, 0.4) is 0 Å². The lowest BCUT2D eigenvalue weighted by atomic mass is 9.67. The van der Waals surface area contributed by atoms with Crippen molar-refractivity contribution in [2.75, 3.05) is 13.1 Å². The second kappa shape index (κ2) is 5.20. The van der Waals surface area contributed by atoms with E-state index in [0.29, 0.717) is 12.5 Å². The van der Waals surface area contributed by atoms with Crippen molar-refractivity contribution in [1.29, 1.82) is 0 Å². The zero-order valence-electron chi connectivity index (χ0n) is 11.2. The van der Waals surface area contributed by atoms with Gasteiger partial charge in [0.1, 0.15) is 0 Å². The van der Waals surface area contributed by atoms with Crippen molar-refractivity contribution in [2.24, 2.45) is 17.8 Å². The number of rotatable bonds is 1. The third-order valence-electron chi connectivity index (χ3n) is 5.36. The number of carbonyl (C=O) groups is 1. The van der Waals surface area contributed by atoms with Gasteiger partial charge in [0.25, 0.3) is 0 Å². The molecule has 18 heavy (non-hydrogen) atoms. The number of fused-ring (bicyclic) bond motifs is 1. The minimum Gasteiger partial charge on any atom is -0.391 e. The zero-order valence-corrected chi connectivity index (χ0v) is 11.2. The van der Waals surface area contributed by atoms with E-state index in [-0.39, 0.29) is 12.0 Å². The van der Waals surface area contributed by atoms with E-state index in [1.165, 1.54) is 32.1 Å². The van der Waals surface area contributed by atoms with Crippen molar-refractivity contribution in [1.82, 2.24) is 4.90 Å². The standard InChI is InChI=1S/C15H25NO2/c17-14-7-8-16(10-14)15(18)13-6-5-11-3-1-2-4-12(11)9-13/h11-14,17H,1-10H2/t11?,12?,13?,14-/m0/s1. The van der Waals surface area contributed by atoms with E-state index < -0.39 is 0 Å². The van der Waals surface area contributed by atoms with Gasteiger partial charge in [-0.15, -0.1) is 0 Å². The predicted octanol–water partition coefficient (Wildman–Crippen LogP) is 2.19. The molecule has 1 heterocycles. The van der Waals surface area contributed by atoms with Crippen LogP contribution in [0.25, 0.3) is 0 Å². The maximum Gasteiger partial charge on any atom is 0.225 e. The lowest BCUT2D eigenvalue weighted by molar-refractivity contribution is -0.137. The van der Waals surface area contributed by atoms with Crippen molar-refractivity contribution in [3.8, 4) is 0 Å². The van der Waals surface area contributed by atoms with Crippen LogP contribution in [-0.2, 0) is 4.79 Å². The third kappa shape index (κ3) is 2.42. The van der Waals surface area contributed by atoms with Gasteiger partial charge in [-0.05, 0) is 37.5 Å². The Morgan fingerprint density at radius 3 is 2.50 bits per heavy atom. The van der Waals surface area contributed by atoms with E-state index in [4.69, 9.17) is 0 Å². The molecule has 2 saturated carbocycles. The van der Waals surface area contributed by atoms with E-state index in [1.807, 2.05) is 4.90 Å². The Kier molecular flexibility index (Phi) is 3.60. The SMILES string of the molecule is O=C(C1CCC2CCCCC2C1)N1CC[C@H](O)C1. The fraction of sp³-hybridized carbons (Fsp3) is 0.933. The normalized spacial score (nSPS) is 40.6. The summed E-state index contributed by atoms with van der Waals surface area (Å²) in [7, 11) is 0. The molecular weight excluding hydrogens is 226 g/mol. The van der Waals surface area contributed by atoms with Crippen LogP contribution < -0.4 is 0 Å². The van der Waals surface area contributed by atoms with Crippen LogP contribution in [0.4, 0.5) is 0 Å². The van der Waals surface area contributed by atoms with Gasteiger partial charge in [-0.3, -0.25) is 4.79 Å². The summed E-state index contributed by atoms with van der Waals surface area (Å²) >= 11 is 0. The molecule has 102 valence electrons. The summed E-state index contributed by atoms with van der Waals surface area (Å²) in [6.07, 6.45) is 9.47.